The zero-order valence-electron chi connectivity index (χ0n) is 21.8. The van der Waals surface area contributed by atoms with Gasteiger partial charge in [0.15, 0.2) is 17.3 Å². The molecule has 9 nitrogen and oxygen atoms in total. The summed E-state index contributed by atoms with van der Waals surface area (Å²) >= 11 is 0. The average Bonchev–Trinajstić information content (AvgIpc) is 2.95. The summed E-state index contributed by atoms with van der Waals surface area (Å²) in [5.74, 6) is 1.89. The third-order valence-corrected chi connectivity index (χ3v) is 6.75. The number of piperazine rings is 1. The van der Waals surface area contributed by atoms with Crippen molar-refractivity contribution in [3.05, 3.63) is 66.2 Å². The van der Waals surface area contributed by atoms with E-state index in [0.717, 1.165) is 22.6 Å². The quantitative estimate of drug-likeness (QED) is 0.465. The first kappa shape index (κ1) is 25.9. The second-order valence-corrected chi connectivity index (χ2v) is 8.95. The molecule has 1 saturated heterocycles. The average molecular weight is 504 g/mol. The van der Waals surface area contributed by atoms with Crippen LogP contribution in [0.1, 0.15) is 25.5 Å². The van der Waals surface area contributed by atoms with Crippen molar-refractivity contribution in [2.75, 3.05) is 51.8 Å². The minimum atomic E-state index is -0.177. The molecule has 194 valence electrons. The first-order chi connectivity index (χ1) is 17.9. The first-order valence-corrected chi connectivity index (χ1v) is 12.3. The van der Waals surface area contributed by atoms with Gasteiger partial charge in [-0.3, -0.25) is 9.59 Å². The summed E-state index contributed by atoms with van der Waals surface area (Å²) < 4.78 is 10.7. The molecule has 0 saturated carbocycles. The van der Waals surface area contributed by atoms with Gasteiger partial charge in [-0.05, 0) is 42.8 Å². The van der Waals surface area contributed by atoms with E-state index in [2.05, 4.69) is 15.1 Å². The number of ether oxygens (including phenoxy) is 2. The summed E-state index contributed by atoms with van der Waals surface area (Å²) in [6.07, 6.45) is 0. The number of rotatable bonds is 8. The van der Waals surface area contributed by atoms with E-state index in [0.29, 0.717) is 37.7 Å². The van der Waals surface area contributed by atoms with Gasteiger partial charge in [-0.25, -0.2) is 0 Å². The predicted octanol–water partition coefficient (Wildman–Crippen LogP) is 3.42. The Morgan fingerprint density at radius 1 is 0.919 bits per heavy atom. The molecule has 1 fully saturated rings. The van der Waals surface area contributed by atoms with Crippen LogP contribution in [0.5, 0.6) is 11.5 Å². The van der Waals surface area contributed by atoms with E-state index in [4.69, 9.17) is 9.47 Å². The molecule has 9 heteroatoms. The number of aromatic nitrogens is 2. The zero-order valence-corrected chi connectivity index (χ0v) is 21.8. The molecule has 0 bridgehead atoms. The molecule has 0 N–H and O–H groups in total. The molecular formula is C28H33N5O4. The minimum Gasteiger partial charge on any atom is -0.493 e. The second kappa shape index (κ2) is 11.7. The Balaban J connectivity index is 1.35. The highest BCUT2D eigenvalue weighted by molar-refractivity contribution is 5.84. The monoisotopic (exact) mass is 503 g/mol. The summed E-state index contributed by atoms with van der Waals surface area (Å²) in [7, 11) is 3.20. The number of benzene rings is 2. The molecule has 2 heterocycles. The summed E-state index contributed by atoms with van der Waals surface area (Å²) in [6, 6.07) is 19.1. The van der Waals surface area contributed by atoms with Crippen LogP contribution < -0.4 is 14.4 Å². The van der Waals surface area contributed by atoms with Crippen molar-refractivity contribution < 1.29 is 19.1 Å². The molecule has 1 unspecified atom stereocenters. The van der Waals surface area contributed by atoms with Crippen LogP contribution in [0, 0.1) is 0 Å². The molecule has 0 aliphatic carbocycles. The summed E-state index contributed by atoms with van der Waals surface area (Å²) in [6.45, 7) is 5.92. The Hall–Kier alpha value is -4.14. The van der Waals surface area contributed by atoms with Crippen LogP contribution in [0.2, 0.25) is 0 Å². The van der Waals surface area contributed by atoms with Crippen molar-refractivity contribution in [1.82, 2.24) is 20.0 Å². The van der Waals surface area contributed by atoms with Crippen molar-refractivity contribution in [3.63, 3.8) is 0 Å². The Morgan fingerprint density at radius 2 is 1.62 bits per heavy atom. The number of carbonyl (C=O) groups excluding carboxylic acids is 2. The van der Waals surface area contributed by atoms with Crippen molar-refractivity contribution in [2.24, 2.45) is 0 Å². The van der Waals surface area contributed by atoms with E-state index in [9.17, 15) is 9.59 Å². The highest BCUT2D eigenvalue weighted by Crippen LogP contribution is 2.31. The van der Waals surface area contributed by atoms with E-state index in [1.807, 2.05) is 72.5 Å². The predicted molar refractivity (Wildman–Crippen MR) is 142 cm³/mol. The van der Waals surface area contributed by atoms with Crippen LogP contribution in [0.4, 0.5) is 5.82 Å². The number of anilines is 1. The number of methoxy groups -OCH3 is 2. The maximum atomic E-state index is 13.1. The Bertz CT molecular complexity index is 1210. The molecule has 1 aliphatic rings. The van der Waals surface area contributed by atoms with E-state index < -0.39 is 0 Å². The van der Waals surface area contributed by atoms with Crippen LogP contribution in [0.15, 0.2) is 60.7 Å². The SMILES string of the molecule is COc1ccc(-c2ccc(N3CCN(C(=O)CN(C(C)=O)C(C)c4ccccc4)CC3)nn2)cc1OC. The zero-order chi connectivity index (χ0) is 26.4. The van der Waals surface area contributed by atoms with Gasteiger partial charge in [0.25, 0.3) is 0 Å². The van der Waals surface area contributed by atoms with Crippen molar-refractivity contribution in [3.8, 4) is 22.8 Å². The molecule has 1 aliphatic heterocycles. The second-order valence-electron chi connectivity index (χ2n) is 8.95. The van der Waals surface area contributed by atoms with Crippen LogP contribution in [0.3, 0.4) is 0 Å². The highest BCUT2D eigenvalue weighted by atomic mass is 16.5. The maximum Gasteiger partial charge on any atom is 0.242 e. The lowest BCUT2D eigenvalue weighted by Gasteiger charge is -2.37. The molecule has 2 amide bonds. The molecule has 4 rings (SSSR count). The van der Waals surface area contributed by atoms with Crippen molar-refractivity contribution >= 4 is 17.6 Å². The minimum absolute atomic E-state index is 0.0486. The standard InChI is InChI=1S/C28H33N5O4/c1-20(22-8-6-5-7-9-22)33(21(2)34)19-28(35)32-16-14-31(15-17-32)27-13-11-24(29-30-27)23-10-12-25(36-3)26(18-23)37-4/h5-13,18,20H,14-17,19H2,1-4H3. The van der Waals surface area contributed by atoms with Gasteiger partial charge in [0.1, 0.15) is 6.54 Å². The lowest BCUT2D eigenvalue weighted by molar-refractivity contribution is -0.141. The molecular weight excluding hydrogens is 470 g/mol. The molecule has 1 atom stereocenters. The van der Waals surface area contributed by atoms with Gasteiger partial charge in [0.05, 0.1) is 26.0 Å². The number of amides is 2. The Labute approximate surface area is 217 Å². The van der Waals surface area contributed by atoms with Gasteiger partial charge < -0.3 is 24.2 Å². The van der Waals surface area contributed by atoms with Crippen LogP contribution >= 0.6 is 0 Å². The summed E-state index contributed by atoms with van der Waals surface area (Å²) in [5.41, 5.74) is 2.62. The molecule has 3 aromatic rings. The molecule has 2 aromatic carbocycles. The molecule has 37 heavy (non-hydrogen) atoms. The van der Waals surface area contributed by atoms with Crippen LogP contribution in [-0.4, -0.2) is 78.8 Å². The van der Waals surface area contributed by atoms with Crippen LogP contribution in [-0.2, 0) is 9.59 Å². The smallest absolute Gasteiger partial charge is 0.242 e. The van der Waals surface area contributed by atoms with E-state index in [-0.39, 0.29) is 24.4 Å². The van der Waals surface area contributed by atoms with Gasteiger partial charge in [0, 0.05) is 38.7 Å². The fraction of sp³-hybridized carbons (Fsp3) is 0.357. The third-order valence-electron chi connectivity index (χ3n) is 6.75. The van der Waals surface area contributed by atoms with E-state index in [1.165, 1.54) is 6.92 Å². The van der Waals surface area contributed by atoms with E-state index in [1.54, 1.807) is 19.1 Å². The van der Waals surface area contributed by atoms with E-state index >= 15 is 0 Å². The number of hydrogen-bond donors (Lipinski definition) is 0. The molecule has 1 aromatic heterocycles. The third kappa shape index (κ3) is 5.99. The molecule has 0 spiro atoms. The van der Waals surface area contributed by atoms with Crippen LogP contribution in [0.25, 0.3) is 11.3 Å². The van der Waals surface area contributed by atoms with Gasteiger partial charge in [0.2, 0.25) is 11.8 Å². The number of nitrogens with zero attached hydrogens (tertiary/aromatic N) is 5. The Kier molecular flexibility index (Phi) is 8.22. The number of hydrogen-bond acceptors (Lipinski definition) is 7. The Morgan fingerprint density at radius 3 is 2.22 bits per heavy atom. The maximum absolute atomic E-state index is 13.1. The van der Waals surface area contributed by atoms with Gasteiger partial charge in [-0.2, -0.15) is 0 Å². The fourth-order valence-electron chi connectivity index (χ4n) is 4.51. The lowest BCUT2D eigenvalue weighted by atomic mass is 10.1. The summed E-state index contributed by atoms with van der Waals surface area (Å²) in [5, 5.41) is 8.83. The topological polar surface area (TPSA) is 88.1 Å². The van der Waals surface area contributed by atoms with Crippen molar-refractivity contribution in [1.29, 1.82) is 0 Å². The fourth-order valence-corrected chi connectivity index (χ4v) is 4.51. The van der Waals surface area contributed by atoms with Gasteiger partial charge >= 0.3 is 0 Å². The normalized spacial score (nSPS) is 14.2. The summed E-state index contributed by atoms with van der Waals surface area (Å²) in [4.78, 5) is 30.9. The van der Waals surface area contributed by atoms with Gasteiger partial charge in [-0.15, -0.1) is 10.2 Å². The van der Waals surface area contributed by atoms with Crippen molar-refractivity contribution in [2.45, 2.75) is 19.9 Å². The largest absolute Gasteiger partial charge is 0.493 e. The lowest BCUT2D eigenvalue weighted by Crippen LogP contribution is -2.52. The van der Waals surface area contributed by atoms with Gasteiger partial charge in [-0.1, -0.05) is 30.3 Å². The number of carbonyl (C=O) groups is 2. The first-order valence-electron chi connectivity index (χ1n) is 12.3. The highest BCUT2D eigenvalue weighted by Gasteiger charge is 2.27. The molecule has 0 radical (unpaired) electrons.